The van der Waals surface area contributed by atoms with Crippen LogP contribution in [0.2, 0.25) is 0 Å². The number of nitrogens with one attached hydrogen (secondary N) is 1. The lowest BCUT2D eigenvalue weighted by Gasteiger charge is -2.20. The van der Waals surface area contributed by atoms with Crippen molar-refractivity contribution in [3.05, 3.63) is 53.6 Å². The van der Waals surface area contributed by atoms with Crippen molar-refractivity contribution < 1.29 is 17.9 Å². The quantitative estimate of drug-likeness (QED) is 0.728. The predicted octanol–water partition coefficient (Wildman–Crippen LogP) is 4.28. The largest absolute Gasteiger partial charge is 0.495 e. The zero-order valence-corrected chi connectivity index (χ0v) is 18.8. The van der Waals surface area contributed by atoms with E-state index in [1.807, 2.05) is 12.1 Å². The molecule has 0 heterocycles. The maximum atomic E-state index is 12.8. The molecule has 0 saturated heterocycles. The molecule has 0 fully saturated rings. The van der Waals surface area contributed by atoms with E-state index in [1.165, 1.54) is 23.5 Å². The minimum absolute atomic E-state index is 0.00858. The van der Waals surface area contributed by atoms with E-state index in [0.29, 0.717) is 30.1 Å². The standard InChI is InChI=1S/C22H30N2O4S/c1-7-24(8-2)29(26,27)18-13-14-20(28-6)19(15-18)23-21(25)16-9-11-17(12-10-16)22(3,4)5/h9-15H,7-8H2,1-6H3,(H,23,25). The molecule has 2 aromatic rings. The zero-order valence-electron chi connectivity index (χ0n) is 17.9. The molecular weight excluding hydrogens is 388 g/mol. The normalized spacial score (nSPS) is 12.1. The number of carbonyl (C=O) groups is 1. The van der Waals surface area contributed by atoms with Crippen molar-refractivity contribution in [2.24, 2.45) is 0 Å². The van der Waals surface area contributed by atoms with E-state index in [0.717, 1.165) is 5.56 Å². The lowest BCUT2D eigenvalue weighted by atomic mass is 9.87. The Kier molecular flexibility index (Phi) is 7.08. The highest BCUT2D eigenvalue weighted by atomic mass is 32.2. The third-order valence-electron chi connectivity index (χ3n) is 4.78. The average Bonchev–Trinajstić information content (AvgIpc) is 2.68. The first-order valence-corrected chi connectivity index (χ1v) is 11.1. The number of benzene rings is 2. The topological polar surface area (TPSA) is 75.7 Å². The molecule has 1 amide bonds. The number of anilines is 1. The van der Waals surface area contributed by atoms with Gasteiger partial charge in [-0.05, 0) is 41.3 Å². The Morgan fingerprint density at radius 3 is 2.10 bits per heavy atom. The smallest absolute Gasteiger partial charge is 0.255 e. The molecular formula is C22H30N2O4S. The van der Waals surface area contributed by atoms with Crippen molar-refractivity contribution in [2.75, 3.05) is 25.5 Å². The molecule has 2 rings (SSSR count). The number of rotatable bonds is 7. The fraction of sp³-hybridized carbons (Fsp3) is 0.409. The fourth-order valence-electron chi connectivity index (χ4n) is 2.97. The SMILES string of the molecule is CCN(CC)S(=O)(=O)c1ccc(OC)c(NC(=O)c2ccc(C(C)(C)C)cc2)c1. The molecule has 1 N–H and O–H groups in total. The van der Waals surface area contributed by atoms with Crippen LogP contribution in [-0.2, 0) is 15.4 Å². The summed E-state index contributed by atoms with van der Waals surface area (Å²) in [5, 5.41) is 2.78. The second-order valence-corrected chi connectivity index (χ2v) is 9.67. The number of sulfonamides is 1. The Bertz CT molecular complexity index is 957. The third kappa shape index (κ3) is 5.16. The van der Waals surface area contributed by atoms with Gasteiger partial charge in [0.2, 0.25) is 10.0 Å². The number of hydrogen-bond acceptors (Lipinski definition) is 4. The first-order chi connectivity index (χ1) is 13.5. The summed E-state index contributed by atoms with van der Waals surface area (Å²) in [6, 6.07) is 11.8. The summed E-state index contributed by atoms with van der Waals surface area (Å²) in [6.07, 6.45) is 0. The first-order valence-electron chi connectivity index (χ1n) is 9.64. The van der Waals surface area contributed by atoms with Crippen molar-refractivity contribution in [3.8, 4) is 5.75 Å². The minimum Gasteiger partial charge on any atom is -0.495 e. The summed E-state index contributed by atoms with van der Waals surface area (Å²) in [5.41, 5.74) is 1.91. The Morgan fingerprint density at radius 1 is 1.03 bits per heavy atom. The maximum Gasteiger partial charge on any atom is 0.255 e. The first kappa shape index (κ1) is 22.9. The van der Waals surface area contributed by atoms with E-state index in [2.05, 4.69) is 26.1 Å². The molecule has 2 aromatic carbocycles. The highest BCUT2D eigenvalue weighted by molar-refractivity contribution is 7.89. The van der Waals surface area contributed by atoms with Crippen LogP contribution in [0.15, 0.2) is 47.4 Å². The molecule has 6 nitrogen and oxygen atoms in total. The predicted molar refractivity (Wildman–Crippen MR) is 116 cm³/mol. The van der Waals surface area contributed by atoms with Crippen LogP contribution in [0.5, 0.6) is 5.75 Å². The van der Waals surface area contributed by atoms with Gasteiger partial charge in [-0.1, -0.05) is 46.8 Å². The van der Waals surface area contributed by atoms with Crippen molar-refractivity contribution in [3.63, 3.8) is 0 Å². The summed E-state index contributed by atoms with van der Waals surface area (Å²) in [7, 11) is -2.17. The molecule has 0 bridgehead atoms. The Balaban J connectivity index is 2.35. The van der Waals surface area contributed by atoms with Crippen LogP contribution in [0.3, 0.4) is 0 Å². The van der Waals surface area contributed by atoms with Crippen molar-refractivity contribution in [2.45, 2.75) is 44.9 Å². The van der Waals surface area contributed by atoms with Crippen LogP contribution in [0.1, 0.15) is 50.5 Å². The van der Waals surface area contributed by atoms with E-state index in [1.54, 1.807) is 32.0 Å². The lowest BCUT2D eigenvalue weighted by Crippen LogP contribution is -2.30. The van der Waals surface area contributed by atoms with Gasteiger partial charge in [-0.25, -0.2) is 8.42 Å². The lowest BCUT2D eigenvalue weighted by molar-refractivity contribution is 0.102. The van der Waals surface area contributed by atoms with Gasteiger partial charge in [0, 0.05) is 18.7 Å². The van der Waals surface area contributed by atoms with E-state index in [4.69, 9.17) is 4.74 Å². The van der Waals surface area contributed by atoms with Gasteiger partial charge in [-0.3, -0.25) is 4.79 Å². The monoisotopic (exact) mass is 418 g/mol. The Hall–Kier alpha value is -2.38. The van der Waals surface area contributed by atoms with Crippen LogP contribution in [0.25, 0.3) is 0 Å². The van der Waals surface area contributed by atoms with E-state index >= 15 is 0 Å². The second kappa shape index (κ2) is 8.97. The molecule has 0 aliphatic heterocycles. The highest BCUT2D eigenvalue weighted by Crippen LogP contribution is 2.30. The summed E-state index contributed by atoms with van der Waals surface area (Å²) < 4.78 is 32.3. The average molecular weight is 419 g/mol. The van der Waals surface area contributed by atoms with Gasteiger partial charge >= 0.3 is 0 Å². The fourth-order valence-corrected chi connectivity index (χ4v) is 4.46. The molecule has 0 unspecified atom stereocenters. The number of nitrogens with zero attached hydrogens (tertiary/aromatic N) is 1. The Labute approximate surface area is 173 Å². The molecule has 0 aromatic heterocycles. The summed E-state index contributed by atoms with van der Waals surface area (Å²) in [4.78, 5) is 12.8. The molecule has 0 spiro atoms. The third-order valence-corrected chi connectivity index (χ3v) is 6.82. The zero-order chi connectivity index (χ0) is 21.8. The summed E-state index contributed by atoms with van der Waals surface area (Å²) >= 11 is 0. The molecule has 0 atom stereocenters. The number of hydrogen-bond donors (Lipinski definition) is 1. The summed E-state index contributed by atoms with van der Waals surface area (Å²) in [6.45, 7) is 10.6. The molecule has 0 radical (unpaired) electrons. The van der Waals surface area contributed by atoms with E-state index < -0.39 is 10.0 Å². The minimum atomic E-state index is -3.64. The van der Waals surface area contributed by atoms with Gasteiger partial charge in [0.1, 0.15) is 5.75 Å². The van der Waals surface area contributed by atoms with Crippen molar-refractivity contribution in [1.29, 1.82) is 0 Å². The maximum absolute atomic E-state index is 12.8. The van der Waals surface area contributed by atoms with Gasteiger partial charge in [0.05, 0.1) is 17.7 Å². The van der Waals surface area contributed by atoms with Gasteiger partial charge in [-0.15, -0.1) is 0 Å². The van der Waals surface area contributed by atoms with Crippen LogP contribution in [0.4, 0.5) is 5.69 Å². The molecule has 0 aliphatic rings. The van der Waals surface area contributed by atoms with Crippen LogP contribution in [0, 0.1) is 0 Å². The molecule has 7 heteroatoms. The second-order valence-electron chi connectivity index (χ2n) is 7.73. The Morgan fingerprint density at radius 2 is 1.62 bits per heavy atom. The van der Waals surface area contributed by atoms with Crippen molar-refractivity contribution >= 4 is 21.6 Å². The van der Waals surface area contributed by atoms with Gasteiger partial charge in [0.15, 0.2) is 0 Å². The number of amides is 1. The summed E-state index contributed by atoms with van der Waals surface area (Å²) in [5.74, 6) is 0.0595. The molecule has 0 aliphatic carbocycles. The van der Waals surface area contributed by atoms with Crippen molar-refractivity contribution in [1.82, 2.24) is 4.31 Å². The molecule has 0 saturated carbocycles. The molecule has 29 heavy (non-hydrogen) atoms. The van der Waals surface area contributed by atoms with E-state index in [-0.39, 0.29) is 16.2 Å². The van der Waals surface area contributed by atoms with E-state index in [9.17, 15) is 13.2 Å². The van der Waals surface area contributed by atoms with Crippen LogP contribution >= 0.6 is 0 Å². The number of methoxy groups -OCH3 is 1. The number of ether oxygens (including phenoxy) is 1. The van der Waals surface area contributed by atoms with Gasteiger partial charge in [0.25, 0.3) is 5.91 Å². The highest BCUT2D eigenvalue weighted by Gasteiger charge is 2.23. The van der Waals surface area contributed by atoms with Gasteiger partial charge in [-0.2, -0.15) is 4.31 Å². The van der Waals surface area contributed by atoms with Crippen LogP contribution in [-0.4, -0.2) is 38.8 Å². The van der Waals surface area contributed by atoms with Gasteiger partial charge < -0.3 is 10.1 Å². The molecule has 158 valence electrons. The van der Waals surface area contributed by atoms with Crippen LogP contribution < -0.4 is 10.1 Å². The number of carbonyl (C=O) groups excluding carboxylic acids is 1.